The van der Waals surface area contributed by atoms with E-state index in [1.165, 1.54) is 12.3 Å². The molecule has 7 nitrogen and oxygen atoms in total. The summed E-state index contributed by atoms with van der Waals surface area (Å²) in [5.74, 6) is -1.67. The van der Waals surface area contributed by atoms with Crippen LogP contribution in [0, 0.1) is 25.5 Å². The lowest BCUT2D eigenvalue weighted by molar-refractivity contribution is 0.509. The summed E-state index contributed by atoms with van der Waals surface area (Å²) in [5.41, 5.74) is 3.15. The zero-order chi connectivity index (χ0) is 22.1. The topological polar surface area (TPSA) is 88.9 Å². The summed E-state index contributed by atoms with van der Waals surface area (Å²) in [7, 11) is -2.08. The molecule has 0 bridgehead atoms. The number of rotatable bonds is 7. The third-order valence-electron chi connectivity index (χ3n) is 4.78. The average Bonchev–Trinajstić information content (AvgIpc) is 2.91. The highest BCUT2D eigenvalue weighted by Gasteiger charge is 2.17. The van der Waals surface area contributed by atoms with Gasteiger partial charge in [0, 0.05) is 31.0 Å². The van der Waals surface area contributed by atoms with Crippen molar-refractivity contribution in [2.75, 3.05) is 10.0 Å². The smallest absolute Gasteiger partial charge is 0.263 e. The highest BCUT2D eigenvalue weighted by molar-refractivity contribution is 7.92. The molecule has 0 amide bonds. The fourth-order valence-corrected chi connectivity index (χ4v) is 4.11. The van der Waals surface area contributed by atoms with E-state index in [9.17, 15) is 17.2 Å². The lowest BCUT2D eigenvalue weighted by Crippen LogP contribution is -2.20. The van der Waals surface area contributed by atoms with E-state index in [1.807, 2.05) is 32.5 Å². The summed E-state index contributed by atoms with van der Waals surface area (Å²) in [4.78, 5) is 4.07. The van der Waals surface area contributed by atoms with Gasteiger partial charge in [0.05, 0.1) is 11.4 Å². The second kappa shape index (κ2) is 8.39. The summed E-state index contributed by atoms with van der Waals surface area (Å²) in [6.07, 6.45) is 1.95. The number of hydrogen-bond acceptors (Lipinski definition) is 5. The second-order valence-electron chi connectivity index (χ2n) is 7.14. The Kier molecular flexibility index (Phi) is 6.06. The van der Waals surface area contributed by atoms with Gasteiger partial charge in [0.15, 0.2) is 11.6 Å². The first kappa shape index (κ1) is 21.7. The number of hydrogen-bond donors (Lipinski definition) is 2. The van der Waals surface area contributed by atoms with Gasteiger partial charge in [0.1, 0.15) is 10.7 Å². The summed E-state index contributed by atoms with van der Waals surface area (Å²) in [6.45, 7) is 5.98. The number of nitrogens with zero attached hydrogens (tertiary/aromatic N) is 3. The van der Waals surface area contributed by atoms with Gasteiger partial charge in [-0.3, -0.25) is 9.40 Å². The minimum absolute atomic E-state index is 0.0434. The van der Waals surface area contributed by atoms with Crippen molar-refractivity contribution in [2.24, 2.45) is 7.05 Å². The summed E-state index contributed by atoms with van der Waals surface area (Å²) < 4.78 is 55.3. The van der Waals surface area contributed by atoms with Gasteiger partial charge in [0.25, 0.3) is 10.0 Å². The first-order chi connectivity index (χ1) is 14.1. The lowest BCUT2D eigenvalue weighted by atomic mass is 10.1. The van der Waals surface area contributed by atoms with Crippen molar-refractivity contribution in [1.29, 1.82) is 0 Å². The molecule has 30 heavy (non-hydrogen) atoms. The van der Waals surface area contributed by atoms with Crippen LogP contribution in [0.3, 0.4) is 0 Å². The molecule has 1 aromatic carbocycles. The fourth-order valence-electron chi connectivity index (χ4n) is 3.12. The Morgan fingerprint density at radius 3 is 2.43 bits per heavy atom. The Bertz CT molecular complexity index is 1160. The maximum Gasteiger partial charge on any atom is 0.263 e. The normalized spacial score (nSPS) is 12.6. The molecule has 10 heteroatoms. The summed E-state index contributed by atoms with van der Waals surface area (Å²) in [5, 5.41) is 7.65. The van der Waals surface area contributed by atoms with E-state index in [0.29, 0.717) is 5.82 Å². The van der Waals surface area contributed by atoms with Crippen molar-refractivity contribution in [1.82, 2.24) is 14.8 Å². The Balaban J connectivity index is 1.68. The van der Waals surface area contributed by atoms with Gasteiger partial charge in [-0.2, -0.15) is 5.10 Å². The number of nitrogens with one attached hydrogen (secondary N) is 2. The molecule has 0 radical (unpaired) electrons. The maximum absolute atomic E-state index is 13.3. The van der Waals surface area contributed by atoms with Gasteiger partial charge >= 0.3 is 0 Å². The van der Waals surface area contributed by atoms with Gasteiger partial charge in [-0.05, 0) is 57.0 Å². The van der Waals surface area contributed by atoms with Gasteiger partial charge in [0.2, 0.25) is 0 Å². The highest BCUT2D eigenvalue weighted by Crippen LogP contribution is 2.20. The van der Waals surface area contributed by atoms with Crippen molar-refractivity contribution in [3.8, 4) is 0 Å². The molecular weight excluding hydrogens is 412 g/mol. The van der Waals surface area contributed by atoms with Gasteiger partial charge in [-0.1, -0.05) is 0 Å². The molecule has 0 spiro atoms. The Labute approximate surface area is 174 Å². The molecule has 2 heterocycles. The predicted molar refractivity (Wildman–Crippen MR) is 111 cm³/mol. The standard InChI is InChI=1S/C20H23F2N5O2S/c1-12(9-17-13(2)25-27(4)14(17)3)24-20-8-6-16(11-23-20)30(28,29)26-15-5-7-18(21)19(22)10-15/h5-8,10-12,26H,9H2,1-4H3,(H,23,24). The molecule has 1 atom stereocenters. The molecule has 3 aromatic rings. The molecule has 0 aliphatic carbocycles. The van der Waals surface area contributed by atoms with Gasteiger partial charge in [-0.25, -0.2) is 22.2 Å². The van der Waals surface area contributed by atoms with Crippen LogP contribution in [-0.2, 0) is 23.5 Å². The number of benzene rings is 1. The zero-order valence-electron chi connectivity index (χ0n) is 17.1. The first-order valence-corrected chi connectivity index (χ1v) is 10.7. The molecule has 2 aromatic heterocycles. The van der Waals surface area contributed by atoms with Crippen LogP contribution in [0.2, 0.25) is 0 Å². The van der Waals surface area contributed by atoms with Gasteiger partial charge < -0.3 is 5.32 Å². The highest BCUT2D eigenvalue weighted by atomic mass is 32.2. The quantitative estimate of drug-likeness (QED) is 0.593. The molecule has 0 aliphatic rings. The molecule has 0 saturated carbocycles. The van der Waals surface area contributed by atoms with Gasteiger partial charge in [-0.15, -0.1) is 0 Å². The number of aromatic nitrogens is 3. The Morgan fingerprint density at radius 1 is 1.13 bits per heavy atom. The SMILES string of the molecule is Cc1nn(C)c(C)c1CC(C)Nc1ccc(S(=O)(=O)Nc2ccc(F)c(F)c2)cn1. The second-order valence-corrected chi connectivity index (χ2v) is 8.82. The van der Waals surface area contributed by atoms with E-state index in [2.05, 4.69) is 20.1 Å². The Morgan fingerprint density at radius 2 is 1.87 bits per heavy atom. The van der Waals surface area contributed by atoms with Crippen LogP contribution in [0.4, 0.5) is 20.3 Å². The van der Waals surface area contributed by atoms with E-state index in [1.54, 1.807) is 6.07 Å². The lowest BCUT2D eigenvalue weighted by Gasteiger charge is -2.15. The van der Waals surface area contributed by atoms with E-state index >= 15 is 0 Å². The minimum atomic E-state index is -3.99. The summed E-state index contributed by atoms with van der Waals surface area (Å²) >= 11 is 0. The maximum atomic E-state index is 13.3. The molecule has 0 saturated heterocycles. The molecule has 0 fully saturated rings. The van der Waals surface area contributed by atoms with E-state index in [0.717, 1.165) is 41.6 Å². The fraction of sp³-hybridized carbons (Fsp3) is 0.300. The number of pyridine rings is 1. The first-order valence-electron chi connectivity index (χ1n) is 9.26. The number of sulfonamides is 1. The molecule has 2 N–H and O–H groups in total. The Hall–Kier alpha value is -3.01. The van der Waals surface area contributed by atoms with Crippen LogP contribution in [-0.4, -0.2) is 29.2 Å². The van der Waals surface area contributed by atoms with Crippen molar-refractivity contribution in [3.63, 3.8) is 0 Å². The number of anilines is 2. The third-order valence-corrected chi connectivity index (χ3v) is 6.15. The van der Waals surface area contributed by atoms with Crippen LogP contribution >= 0.6 is 0 Å². The molecule has 160 valence electrons. The average molecular weight is 436 g/mol. The van der Waals surface area contributed by atoms with E-state index in [4.69, 9.17) is 0 Å². The van der Waals surface area contributed by atoms with Crippen molar-refractivity contribution < 1.29 is 17.2 Å². The van der Waals surface area contributed by atoms with Crippen LogP contribution in [0.5, 0.6) is 0 Å². The molecular formula is C20H23F2N5O2S. The van der Waals surface area contributed by atoms with E-state index in [-0.39, 0.29) is 16.6 Å². The molecule has 1 unspecified atom stereocenters. The van der Waals surface area contributed by atoms with Crippen LogP contribution in [0.1, 0.15) is 23.9 Å². The third kappa shape index (κ3) is 4.76. The van der Waals surface area contributed by atoms with Crippen molar-refractivity contribution >= 4 is 21.5 Å². The predicted octanol–water partition coefficient (Wildman–Crippen LogP) is 3.55. The van der Waals surface area contributed by atoms with Crippen LogP contribution in [0.25, 0.3) is 0 Å². The summed E-state index contributed by atoms with van der Waals surface area (Å²) in [6, 6.07) is 5.77. The monoisotopic (exact) mass is 435 g/mol. The van der Waals surface area contributed by atoms with Crippen LogP contribution in [0.15, 0.2) is 41.4 Å². The largest absolute Gasteiger partial charge is 0.367 e. The molecule has 0 aliphatic heterocycles. The number of halogens is 2. The zero-order valence-corrected chi connectivity index (χ0v) is 17.9. The van der Waals surface area contributed by atoms with Crippen molar-refractivity contribution in [2.45, 2.75) is 38.1 Å². The van der Waals surface area contributed by atoms with E-state index < -0.39 is 21.7 Å². The molecule has 3 rings (SSSR count). The van der Waals surface area contributed by atoms with Crippen LogP contribution < -0.4 is 10.0 Å². The number of aryl methyl sites for hydroxylation is 2. The minimum Gasteiger partial charge on any atom is -0.367 e. The van der Waals surface area contributed by atoms with Crippen molar-refractivity contribution in [3.05, 3.63) is 65.1 Å².